The highest BCUT2D eigenvalue weighted by Gasteiger charge is 2.23. The fourth-order valence-electron chi connectivity index (χ4n) is 2.40. The Morgan fingerprint density at radius 2 is 1.90 bits per heavy atom. The second kappa shape index (κ2) is 6.01. The number of benzene rings is 1. The minimum atomic E-state index is -0.401. The van der Waals surface area contributed by atoms with E-state index in [-0.39, 0.29) is 18.2 Å². The minimum absolute atomic E-state index is 0.0144. The molecule has 0 amide bonds. The van der Waals surface area contributed by atoms with Crippen molar-refractivity contribution in [2.45, 2.75) is 19.4 Å². The second-order valence-electron chi connectivity index (χ2n) is 5.02. The van der Waals surface area contributed by atoms with E-state index in [9.17, 15) is 9.59 Å². The summed E-state index contributed by atoms with van der Waals surface area (Å²) in [6.07, 6.45) is 1.42. The predicted octanol–water partition coefficient (Wildman–Crippen LogP) is 0.425. The summed E-state index contributed by atoms with van der Waals surface area (Å²) in [4.78, 5) is 24.4. The first kappa shape index (κ1) is 13.7. The van der Waals surface area contributed by atoms with Crippen molar-refractivity contribution in [1.82, 2.24) is 19.8 Å². The third kappa shape index (κ3) is 2.92. The first-order valence-electron chi connectivity index (χ1n) is 6.94. The molecule has 1 aromatic heterocycles. The number of aromatic nitrogens is 4. The summed E-state index contributed by atoms with van der Waals surface area (Å²) in [5.74, 6) is -0.0342. The molecule has 0 spiro atoms. The number of hydrogen-bond acceptors (Lipinski definition) is 5. The molecule has 21 heavy (non-hydrogen) atoms. The zero-order chi connectivity index (χ0) is 14.7. The summed E-state index contributed by atoms with van der Waals surface area (Å²) >= 11 is 0. The highest BCUT2D eigenvalue weighted by molar-refractivity contribution is 5.80. The number of ether oxygens (including phenoxy) is 1. The van der Waals surface area contributed by atoms with Crippen LogP contribution in [0.15, 0.2) is 35.1 Å². The van der Waals surface area contributed by atoms with E-state index in [1.807, 2.05) is 18.2 Å². The van der Waals surface area contributed by atoms with Crippen molar-refractivity contribution in [3.8, 4) is 5.69 Å². The average molecular weight is 288 g/mol. The van der Waals surface area contributed by atoms with E-state index >= 15 is 0 Å². The van der Waals surface area contributed by atoms with Gasteiger partial charge in [0.1, 0.15) is 6.54 Å². The molecule has 0 aliphatic carbocycles. The van der Waals surface area contributed by atoms with E-state index in [1.165, 1.54) is 4.68 Å². The van der Waals surface area contributed by atoms with Crippen LogP contribution in [0.1, 0.15) is 12.8 Å². The van der Waals surface area contributed by atoms with Crippen LogP contribution in [-0.2, 0) is 16.1 Å². The van der Waals surface area contributed by atoms with E-state index in [1.54, 1.807) is 12.1 Å². The van der Waals surface area contributed by atoms with Gasteiger partial charge in [0.25, 0.3) is 0 Å². The molecule has 0 radical (unpaired) electrons. The van der Waals surface area contributed by atoms with Crippen LogP contribution in [0.3, 0.4) is 0 Å². The Morgan fingerprint density at radius 3 is 2.62 bits per heavy atom. The molecule has 1 aromatic carbocycles. The lowest BCUT2D eigenvalue weighted by Crippen LogP contribution is -2.32. The van der Waals surface area contributed by atoms with Crippen molar-refractivity contribution in [3.63, 3.8) is 0 Å². The summed E-state index contributed by atoms with van der Waals surface area (Å²) in [6, 6.07) is 9.01. The van der Waals surface area contributed by atoms with Gasteiger partial charge < -0.3 is 4.74 Å². The lowest BCUT2D eigenvalue weighted by Gasteiger charge is -2.20. The molecule has 2 heterocycles. The lowest BCUT2D eigenvalue weighted by molar-refractivity contribution is -0.126. The molecular formula is C14H16N4O3. The average Bonchev–Trinajstić information content (AvgIpc) is 2.90. The van der Waals surface area contributed by atoms with Crippen LogP contribution in [-0.4, -0.2) is 38.8 Å². The van der Waals surface area contributed by atoms with Gasteiger partial charge in [-0.05, 0) is 35.4 Å². The first-order valence-corrected chi connectivity index (χ1v) is 6.94. The third-order valence-corrected chi connectivity index (χ3v) is 3.62. The van der Waals surface area contributed by atoms with E-state index in [4.69, 9.17) is 4.74 Å². The van der Waals surface area contributed by atoms with Gasteiger partial charge in [0.15, 0.2) is 5.78 Å². The van der Waals surface area contributed by atoms with Crippen molar-refractivity contribution in [1.29, 1.82) is 0 Å². The Balaban J connectivity index is 1.77. The largest absolute Gasteiger partial charge is 0.381 e. The molecule has 1 saturated heterocycles. The molecule has 0 saturated carbocycles. The normalized spacial score (nSPS) is 16.0. The highest BCUT2D eigenvalue weighted by atomic mass is 16.5. The van der Waals surface area contributed by atoms with Crippen LogP contribution in [0, 0.1) is 5.92 Å². The molecular weight excluding hydrogens is 272 g/mol. The van der Waals surface area contributed by atoms with Gasteiger partial charge in [-0.1, -0.05) is 18.2 Å². The zero-order valence-corrected chi connectivity index (χ0v) is 11.5. The number of Topliss-reactive ketones (excluding diaryl/α,β-unsaturated/α-hetero) is 1. The predicted molar refractivity (Wildman–Crippen MR) is 74.2 cm³/mol. The smallest absolute Gasteiger partial charge is 0.368 e. The molecule has 0 N–H and O–H groups in total. The molecule has 1 aliphatic rings. The maximum Gasteiger partial charge on any atom is 0.368 e. The Kier molecular flexibility index (Phi) is 3.92. The van der Waals surface area contributed by atoms with Gasteiger partial charge in [0, 0.05) is 19.1 Å². The van der Waals surface area contributed by atoms with Crippen molar-refractivity contribution >= 4 is 5.78 Å². The Bertz CT molecular complexity index is 671. The molecule has 7 heteroatoms. The fourth-order valence-corrected chi connectivity index (χ4v) is 2.40. The van der Waals surface area contributed by atoms with Gasteiger partial charge in [-0.3, -0.25) is 4.79 Å². The molecule has 7 nitrogen and oxygen atoms in total. The number of para-hydroxylation sites is 1. The number of ketones is 1. The molecule has 3 rings (SSSR count). The maximum atomic E-state index is 12.2. The third-order valence-electron chi connectivity index (χ3n) is 3.62. The minimum Gasteiger partial charge on any atom is -0.381 e. The van der Waals surface area contributed by atoms with Crippen LogP contribution >= 0.6 is 0 Å². The van der Waals surface area contributed by atoms with Gasteiger partial charge in [-0.15, -0.1) is 0 Å². The number of nitrogens with zero attached hydrogens (tertiary/aromatic N) is 4. The monoisotopic (exact) mass is 288 g/mol. The van der Waals surface area contributed by atoms with Gasteiger partial charge >= 0.3 is 5.69 Å². The fraction of sp³-hybridized carbons (Fsp3) is 0.429. The van der Waals surface area contributed by atoms with E-state index < -0.39 is 5.69 Å². The number of rotatable bonds is 4. The standard InChI is InChI=1S/C14H16N4O3/c19-13(11-6-8-21-9-7-11)10-17-14(20)18(16-15-17)12-4-2-1-3-5-12/h1-5,11H,6-10H2. The summed E-state index contributed by atoms with van der Waals surface area (Å²) in [5, 5.41) is 7.62. The van der Waals surface area contributed by atoms with Gasteiger partial charge in [-0.25, -0.2) is 4.79 Å². The van der Waals surface area contributed by atoms with Crippen LogP contribution in [0.5, 0.6) is 0 Å². The number of hydrogen-bond donors (Lipinski definition) is 0. The van der Waals surface area contributed by atoms with Crippen molar-refractivity contribution < 1.29 is 9.53 Å². The van der Waals surface area contributed by atoms with Gasteiger partial charge in [0.05, 0.1) is 5.69 Å². The summed E-state index contributed by atoms with van der Waals surface area (Å²) in [7, 11) is 0. The molecule has 2 aromatic rings. The molecule has 0 atom stereocenters. The zero-order valence-electron chi connectivity index (χ0n) is 11.5. The van der Waals surface area contributed by atoms with Crippen molar-refractivity contribution in [2.75, 3.05) is 13.2 Å². The number of carbonyl (C=O) groups excluding carboxylic acids is 1. The van der Waals surface area contributed by atoms with Crippen LogP contribution in [0.4, 0.5) is 0 Å². The Morgan fingerprint density at radius 1 is 1.19 bits per heavy atom. The number of tetrazole rings is 1. The lowest BCUT2D eigenvalue weighted by atomic mass is 9.95. The summed E-state index contributed by atoms with van der Waals surface area (Å²) in [5.41, 5.74) is 0.230. The van der Waals surface area contributed by atoms with Gasteiger partial charge in [0.2, 0.25) is 0 Å². The Labute approximate surface area is 121 Å². The molecule has 1 aliphatic heterocycles. The van der Waals surface area contributed by atoms with E-state index in [2.05, 4.69) is 10.4 Å². The quantitative estimate of drug-likeness (QED) is 0.815. The van der Waals surface area contributed by atoms with E-state index in [0.29, 0.717) is 31.7 Å². The topological polar surface area (TPSA) is 79.0 Å². The van der Waals surface area contributed by atoms with Gasteiger partial charge in [-0.2, -0.15) is 9.36 Å². The molecule has 0 bridgehead atoms. The van der Waals surface area contributed by atoms with Crippen LogP contribution < -0.4 is 5.69 Å². The molecule has 0 unspecified atom stereocenters. The first-order chi connectivity index (χ1) is 10.3. The summed E-state index contributed by atoms with van der Waals surface area (Å²) < 4.78 is 7.54. The Hall–Kier alpha value is -2.28. The van der Waals surface area contributed by atoms with Crippen LogP contribution in [0.2, 0.25) is 0 Å². The molecule has 1 fully saturated rings. The highest BCUT2D eigenvalue weighted by Crippen LogP contribution is 2.16. The van der Waals surface area contributed by atoms with Crippen molar-refractivity contribution in [2.24, 2.45) is 5.92 Å². The summed E-state index contributed by atoms with van der Waals surface area (Å²) in [6.45, 7) is 1.17. The van der Waals surface area contributed by atoms with Crippen LogP contribution in [0.25, 0.3) is 5.69 Å². The molecule has 110 valence electrons. The number of carbonyl (C=O) groups is 1. The van der Waals surface area contributed by atoms with E-state index in [0.717, 1.165) is 4.68 Å². The van der Waals surface area contributed by atoms with Crippen molar-refractivity contribution in [3.05, 3.63) is 40.8 Å². The SMILES string of the molecule is O=C(Cn1nnn(-c2ccccc2)c1=O)C1CCOCC1. The maximum absolute atomic E-state index is 12.2. The second-order valence-corrected chi connectivity index (χ2v) is 5.02.